The molecule has 1 aliphatic heterocycles. The van der Waals surface area contributed by atoms with Gasteiger partial charge in [0.05, 0.1) is 6.04 Å². The molecule has 0 saturated carbocycles. The predicted octanol–water partition coefficient (Wildman–Crippen LogP) is 0.670. The number of nitrogens with two attached hydrogens (primary N) is 1. The first kappa shape index (κ1) is 11.7. The minimum absolute atomic E-state index is 0. The van der Waals surface area contributed by atoms with E-state index in [2.05, 4.69) is 26.1 Å². The van der Waals surface area contributed by atoms with Crippen LogP contribution in [0.3, 0.4) is 0 Å². The van der Waals surface area contributed by atoms with Crippen LogP contribution < -0.4 is 11.1 Å². The second kappa shape index (κ2) is 3.62. The summed E-state index contributed by atoms with van der Waals surface area (Å²) in [5.41, 5.74) is 5.68. The SMILES string of the molecule is CC(C)(C)[C@@H]1C[C@H](N)C(=O)N1.Cl. The molecule has 2 atom stereocenters. The van der Waals surface area contributed by atoms with Crippen molar-refractivity contribution in [2.75, 3.05) is 0 Å². The van der Waals surface area contributed by atoms with Crippen LogP contribution in [0.4, 0.5) is 0 Å². The molecule has 0 spiro atoms. The number of nitrogens with one attached hydrogen (secondary N) is 1. The van der Waals surface area contributed by atoms with E-state index in [4.69, 9.17) is 5.73 Å². The van der Waals surface area contributed by atoms with Gasteiger partial charge < -0.3 is 11.1 Å². The molecule has 0 aromatic rings. The lowest BCUT2D eigenvalue weighted by Crippen LogP contribution is -2.37. The van der Waals surface area contributed by atoms with Gasteiger partial charge in [0, 0.05) is 6.04 Å². The van der Waals surface area contributed by atoms with Crippen LogP contribution in [-0.2, 0) is 4.79 Å². The van der Waals surface area contributed by atoms with Crippen molar-refractivity contribution in [3.63, 3.8) is 0 Å². The van der Waals surface area contributed by atoms with E-state index in [1.807, 2.05) is 0 Å². The number of rotatable bonds is 0. The van der Waals surface area contributed by atoms with Gasteiger partial charge in [0.15, 0.2) is 0 Å². The summed E-state index contributed by atoms with van der Waals surface area (Å²) in [7, 11) is 0. The summed E-state index contributed by atoms with van der Waals surface area (Å²) in [5.74, 6) is -0.00933. The molecule has 0 unspecified atom stereocenters. The Morgan fingerprint density at radius 3 is 2.17 bits per heavy atom. The van der Waals surface area contributed by atoms with Crippen molar-refractivity contribution in [1.29, 1.82) is 0 Å². The Hall–Kier alpha value is -0.280. The quantitative estimate of drug-likeness (QED) is 0.593. The molecular weight excluding hydrogens is 176 g/mol. The van der Waals surface area contributed by atoms with Gasteiger partial charge in [-0.3, -0.25) is 4.79 Å². The second-order valence-electron chi connectivity index (χ2n) is 4.27. The Kier molecular flexibility index (Phi) is 3.54. The number of hydrogen-bond donors (Lipinski definition) is 2. The summed E-state index contributed by atoms with van der Waals surface area (Å²) >= 11 is 0. The molecule has 4 heteroatoms. The number of carbonyl (C=O) groups excluding carboxylic acids is 1. The summed E-state index contributed by atoms with van der Waals surface area (Å²) in [5, 5.41) is 2.88. The number of halogens is 1. The molecule has 0 aromatic carbocycles. The first-order valence-electron chi connectivity index (χ1n) is 3.97. The molecule has 0 aliphatic carbocycles. The summed E-state index contributed by atoms with van der Waals surface area (Å²) < 4.78 is 0. The van der Waals surface area contributed by atoms with Crippen LogP contribution in [0.1, 0.15) is 27.2 Å². The topological polar surface area (TPSA) is 55.1 Å². The molecular formula is C8H17ClN2O. The van der Waals surface area contributed by atoms with Crippen LogP contribution in [0.25, 0.3) is 0 Å². The van der Waals surface area contributed by atoms with Gasteiger partial charge in [0.25, 0.3) is 0 Å². The van der Waals surface area contributed by atoms with Crippen LogP contribution in [0.2, 0.25) is 0 Å². The summed E-state index contributed by atoms with van der Waals surface area (Å²) in [6.07, 6.45) is 0.766. The van der Waals surface area contributed by atoms with E-state index in [0.29, 0.717) is 0 Å². The largest absolute Gasteiger partial charge is 0.351 e. The van der Waals surface area contributed by atoms with E-state index in [9.17, 15) is 4.79 Å². The molecule has 1 amide bonds. The van der Waals surface area contributed by atoms with E-state index < -0.39 is 0 Å². The third-order valence-corrected chi connectivity index (χ3v) is 2.19. The fraction of sp³-hybridized carbons (Fsp3) is 0.875. The Labute approximate surface area is 79.5 Å². The fourth-order valence-corrected chi connectivity index (χ4v) is 1.27. The Bertz CT molecular complexity index is 176. The third-order valence-electron chi connectivity index (χ3n) is 2.19. The van der Waals surface area contributed by atoms with Crippen molar-refractivity contribution >= 4 is 18.3 Å². The molecule has 0 aromatic heterocycles. The second-order valence-corrected chi connectivity index (χ2v) is 4.27. The maximum atomic E-state index is 11.0. The smallest absolute Gasteiger partial charge is 0.237 e. The van der Waals surface area contributed by atoms with Crippen LogP contribution in [0.5, 0.6) is 0 Å². The van der Waals surface area contributed by atoms with E-state index in [-0.39, 0.29) is 35.8 Å². The maximum absolute atomic E-state index is 11.0. The van der Waals surface area contributed by atoms with Gasteiger partial charge >= 0.3 is 0 Å². The minimum atomic E-state index is -0.292. The zero-order chi connectivity index (χ0) is 8.65. The van der Waals surface area contributed by atoms with Gasteiger partial charge in [-0.2, -0.15) is 0 Å². The normalized spacial score (nSPS) is 29.5. The van der Waals surface area contributed by atoms with E-state index in [1.54, 1.807) is 0 Å². The number of carbonyl (C=O) groups is 1. The molecule has 0 radical (unpaired) electrons. The molecule has 3 nitrogen and oxygen atoms in total. The van der Waals surface area contributed by atoms with Crippen molar-refractivity contribution in [2.45, 2.75) is 39.3 Å². The zero-order valence-electron chi connectivity index (χ0n) is 7.76. The van der Waals surface area contributed by atoms with Gasteiger partial charge in [-0.15, -0.1) is 12.4 Å². The zero-order valence-corrected chi connectivity index (χ0v) is 8.57. The van der Waals surface area contributed by atoms with E-state index >= 15 is 0 Å². The summed E-state index contributed by atoms with van der Waals surface area (Å²) in [4.78, 5) is 11.0. The average molecular weight is 193 g/mol. The lowest BCUT2D eigenvalue weighted by atomic mass is 9.85. The molecule has 1 aliphatic rings. The fourth-order valence-electron chi connectivity index (χ4n) is 1.27. The van der Waals surface area contributed by atoms with Crippen LogP contribution in [0, 0.1) is 5.41 Å². The van der Waals surface area contributed by atoms with Crippen molar-refractivity contribution in [3.8, 4) is 0 Å². The Morgan fingerprint density at radius 2 is 2.00 bits per heavy atom. The third kappa shape index (κ3) is 2.35. The minimum Gasteiger partial charge on any atom is -0.351 e. The number of amides is 1. The van der Waals surface area contributed by atoms with Gasteiger partial charge in [-0.1, -0.05) is 20.8 Å². The Morgan fingerprint density at radius 1 is 1.50 bits per heavy atom. The van der Waals surface area contributed by atoms with Crippen LogP contribution >= 0.6 is 12.4 Å². The highest BCUT2D eigenvalue weighted by Crippen LogP contribution is 2.25. The molecule has 72 valence electrons. The van der Waals surface area contributed by atoms with Crippen molar-refractivity contribution < 1.29 is 4.79 Å². The van der Waals surface area contributed by atoms with Crippen LogP contribution in [0.15, 0.2) is 0 Å². The molecule has 1 rings (SSSR count). The standard InChI is InChI=1S/C8H16N2O.ClH/c1-8(2,3)6-4-5(9)7(11)10-6;/h5-6H,4,9H2,1-3H3,(H,10,11);1H/t5-,6-;/m0./s1. The van der Waals surface area contributed by atoms with Gasteiger partial charge in [0.2, 0.25) is 5.91 Å². The molecule has 1 heterocycles. The molecule has 12 heavy (non-hydrogen) atoms. The Balaban J connectivity index is 0.00000121. The highest BCUT2D eigenvalue weighted by atomic mass is 35.5. The summed E-state index contributed by atoms with van der Waals surface area (Å²) in [6.45, 7) is 6.32. The van der Waals surface area contributed by atoms with Gasteiger partial charge in [-0.05, 0) is 11.8 Å². The maximum Gasteiger partial charge on any atom is 0.237 e. The van der Waals surface area contributed by atoms with E-state index in [1.165, 1.54) is 0 Å². The van der Waals surface area contributed by atoms with Crippen molar-refractivity contribution in [1.82, 2.24) is 5.32 Å². The first-order valence-corrected chi connectivity index (χ1v) is 3.97. The molecule has 0 bridgehead atoms. The monoisotopic (exact) mass is 192 g/mol. The first-order chi connectivity index (χ1) is 4.91. The molecule has 3 N–H and O–H groups in total. The average Bonchev–Trinajstić information content (AvgIpc) is 2.11. The highest BCUT2D eigenvalue weighted by Gasteiger charge is 2.35. The lowest BCUT2D eigenvalue weighted by molar-refractivity contribution is -0.120. The molecule has 1 fully saturated rings. The van der Waals surface area contributed by atoms with Gasteiger partial charge in [0.1, 0.15) is 0 Å². The number of hydrogen-bond acceptors (Lipinski definition) is 2. The lowest BCUT2D eigenvalue weighted by Gasteiger charge is -2.26. The highest BCUT2D eigenvalue weighted by molar-refractivity contribution is 5.85. The van der Waals surface area contributed by atoms with Gasteiger partial charge in [-0.25, -0.2) is 0 Å². The predicted molar refractivity (Wildman–Crippen MR) is 51.2 cm³/mol. The van der Waals surface area contributed by atoms with Crippen molar-refractivity contribution in [2.24, 2.45) is 11.1 Å². The summed E-state index contributed by atoms with van der Waals surface area (Å²) in [6, 6.07) is -0.0516. The molecule has 1 saturated heterocycles. The van der Waals surface area contributed by atoms with Crippen LogP contribution in [-0.4, -0.2) is 18.0 Å². The van der Waals surface area contributed by atoms with E-state index in [0.717, 1.165) is 6.42 Å². The van der Waals surface area contributed by atoms with Crippen molar-refractivity contribution in [3.05, 3.63) is 0 Å².